The van der Waals surface area contributed by atoms with Gasteiger partial charge in [0.1, 0.15) is 17.6 Å². The molecule has 12 heteroatoms. The van der Waals surface area contributed by atoms with Crippen molar-refractivity contribution >= 4 is 11.9 Å². The van der Waals surface area contributed by atoms with Crippen LogP contribution in [0.15, 0.2) is 48.5 Å². The van der Waals surface area contributed by atoms with Crippen LogP contribution in [0.3, 0.4) is 0 Å². The number of amides is 1. The molecule has 0 aromatic heterocycles. The SMILES string of the molecule is CC(Oc1cccc(C(F)(F)F)c1)C(=O)NCC1(C)CC(OC(=O)C(C)Oc2cccc(C(F)(F)F)c2)CC(C)(C)C1. The van der Waals surface area contributed by atoms with Gasteiger partial charge in [0.05, 0.1) is 11.1 Å². The van der Waals surface area contributed by atoms with Gasteiger partial charge in [-0.2, -0.15) is 26.3 Å². The predicted molar refractivity (Wildman–Crippen MR) is 142 cm³/mol. The number of benzene rings is 2. The summed E-state index contributed by atoms with van der Waals surface area (Å²) in [7, 11) is 0. The van der Waals surface area contributed by atoms with Gasteiger partial charge in [0.2, 0.25) is 0 Å². The summed E-state index contributed by atoms with van der Waals surface area (Å²) >= 11 is 0. The minimum Gasteiger partial charge on any atom is -0.481 e. The van der Waals surface area contributed by atoms with Gasteiger partial charge in [0.25, 0.3) is 5.91 Å². The second-order valence-electron chi connectivity index (χ2n) is 11.9. The molecule has 0 aliphatic heterocycles. The highest BCUT2D eigenvalue weighted by Gasteiger charge is 2.43. The van der Waals surface area contributed by atoms with Gasteiger partial charge in [-0.25, -0.2) is 4.79 Å². The van der Waals surface area contributed by atoms with Gasteiger partial charge in [-0.15, -0.1) is 0 Å². The number of hydrogen-bond donors (Lipinski definition) is 1. The summed E-state index contributed by atoms with van der Waals surface area (Å²) in [6.07, 6.45) is -10.3. The molecule has 1 aliphatic carbocycles. The summed E-state index contributed by atoms with van der Waals surface area (Å²) in [5.41, 5.74) is -2.58. The second kappa shape index (κ2) is 12.4. The number of hydrogen-bond acceptors (Lipinski definition) is 5. The molecule has 0 bridgehead atoms. The Kier molecular flexibility index (Phi) is 9.78. The number of carbonyl (C=O) groups is 2. The average Bonchev–Trinajstić information content (AvgIpc) is 2.85. The predicted octanol–water partition coefficient (Wildman–Crippen LogP) is 7.20. The van der Waals surface area contributed by atoms with Crippen molar-refractivity contribution in [3.8, 4) is 11.5 Å². The molecule has 0 heterocycles. The van der Waals surface area contributed by atoms with Gasteiger partial charge < -0.3 is 19.5 Å². The molecule has 42 heavy (non-hydrogen) atoms. The normalized spacial score (nSPS) is 22.0. The van der Waals surface area contributed by atoms with Crippen molar-refractivity contribution in [2.45, 2.75) is 84.5 Å². The lowest BCUT2D eigenvalue weighted by atomic mass is 9.63. The third kappa shape index (κ3) is 9.29. The highest BCUT2D eigenvalue weighted by atomic mass is 19.4. The highest BCUT2D eigenvalue weighted by Crippen LogP contribution is 2.47. The fraction of sp³-hybridized carbons (Fsp3) is 0.533. The summed E-state index contributed by atoms with van der Waals surface area (Å²) in [5.74, 6) is -1.46. The van der Waals surface area contributed by atoms with E-state index >= 15 is 0 Å². The number of carbonyl (C=O) groups excluding carboxylic acids is 2. The summed E-state index contributed by atoms with van der Waals surface area (Å²) in [4.78, 5) is 25.6. The molecule has 0 saturated heterocycles. The van der Waals surface area contributed by atoms with Crippen molar-refractivity contribution < 1.29 is 50.1 Å². The van der Waals surface area contributed by atoms with E-state index in [1.165, 1.54) is 38.1 Å². The van der Waals surface area contributed by atoms with Crippen LogP contribution in [-0.4, -0.2) is 36.7 Å². The minimum atomic E-state index is -4.56. The molecule has 0 radical (unpaired) electrons. The molecule has 6 nitrogen and oxygen atoms in total. The molecular weight excluding hydrogens is 568 g/mol. The van der Waals surface area contributed by atoms with Crippen LogP contribution >= 0.6 is 0 Å². The van der Waals surface area contributed by atoms with Crippen LogP contribution in [0, 0.1) is 10.8 Å². The average molecular weight is 604 g/mol. The van der Waals surface area contributed by atoms with E-state index in [9.17, 15) is 35.9 Å². The molecule has 1 N–H and O–H groups in total. The maximum Gasteiger partial charge on any atom is 0.416 e. The first-order chi connectivity index (χ1) is 19.3. The van der Waals surface area contributed by atoms with E-state index < -0.39 is 59.1 Å². The molecule has 1 saturated carbocycles. The quantitative estimate of drug-likeness (QED) is 0.242. The van der Waals surface area contributed by atoms with Gasteiger partial charge in [-0.05, 0) is 80.3 Å². The molecule has 0 spiro atoms. The Bertz CT molecular complexity index is 1260. The first kappa shape index (κ1) is 33.1. The Morgan fingerprint density at radius 1 is 0.857 bits per heavy atom. The molecule has 2 aromatic carbocycles. The molecule has 4 atom stereocenters. The van der Waals surface area contributed by atoms with Gasteiger partial charge >= 0.3 is 18.3 Å². The van der Waals surface area contributed by atoms with E-state index in [1.54, 1.807) is 0 Å². The van der Waals surface area contributed by atoms with Crippen molar-refractivity contribution in [2.24, 2.45) is 10.8 Å². The number of esters is 1. The van der Waals surface area contributed by atoms with Gasteiger partial charge in [-0.1, -0.05) is 32.9 Å². The van der Waals surface area contributed by atoms with Gasteiger partial charge in [0.15, 0.2) is 12.2 Å². The fourth-order valence-electron chi connectivity index (χ4n) is 5.46. The molecule has 4 unspecified atom stereocenters. The van der Waals surface area contributed by atoms with E-state index in [0.29, 0.717) is 19.3 Å². The van der Waals surface area contributed by atoms with Crippen LogP contribution in [0.5, 0.6) is 11.5 Å². The van der Waals surface area contributed by atoms with Crippen LogP contribution in [0.25, 0.3) is 0 Å². The van der Waals surface area contributed by atoms with Crippen LogP contribution in [0.4, 0.5) is 26.3 Å². The zero-order valence-corrected chi connectivity index (χ0v) is 24.0. The summed E-state index contributed by atoms with van der Waals surface area (Å²) in [5, 5.41) is 2.80. The van der Waals surface area contributed by atoms with E-state index in [0.717, 1.165) is 24.3 Å². The van der Waals surface area contributed by atoms with E-state index in [1.807, 2.05) is 20.8 Å². The molecule has 1 aliphatic rings. The maximum atomic E-state index is 13.0. The van der Waals surface area contributed by atoms with Crippen molar-refractivity contribution in [3.05, 3.63) is 59.7 Å². The Morgan fingerprint density at radius 3 is 1.86 bits per heavy atom. The fourth-order valence-corrected chi connectivity index (χ4v) is 5.46. The number of halogens is 6. The molecule has 2 aromatic rings. The molecule has 1 amide bonds. The maximum absolute atomic E-state index is 13.0. The van der Waals surface area contributed by atoms with Gasteiger partial charge in [0, 0.05) is 6.54 Å². The zero-order chi connectivity index (χ0) is 31.5. The summed E-state index contributed by atoms with van der Waals surface area (Å²) < 4.78 is 94.6. The van der Waals surface area contributed by atoms with Crippen LogP contribution in [0.2, 0.25) is 0 Å². The monoisotopic (exact) mass is 603 g/mol. The van der Waals surface area contributed by atoms with E-state index in [2.05, 4.69) is 5.32 Å². The molecular formula is C30H35F6NO5. The van der Waals surface area contributed by atoms with Crippen molar-refractivity contribution in [1.82, 2.24) is 5.32 Å². The summed E-state index contributed by atoms with van der Waals surface area (Å²) in [6, 6.07) is 8.48. The van der Waals surface area contributed by atoms with Crippen LogP contribution in [-0.2, 0) is 26.7 Å². The van der Waals surface area contributed by atoms with Gasteiger partial charge in [-0.3, -0.25) is 4.79 Å². The first-order valence-electron chi connectivity index (χ1n) is 13.4. The summed E-state index contributed by atoms with van der Waals surface area (Å²) in [6.45, 7) is 8.93. The third-order valence-corrected chi connectivity index (χ3v) is 7.03. The molecule has 1 fully saturated rings. The topological polar surface area (TPSA) is 73.9 Å². The van der Waals surface area contributed by atoms with Crippen molar-refractivity contribution in [1.29, 1.82) is 0 Å². The third-order valence-electron chi connectivity index (χ3n) is 7.03. The number of ether oxygens (including phenoxy) is 3. The Morgan fingerprint density at radius 2 is 1.36 bits per heavy atom. The zero-order valence-electron chi connectivity index (χ0n) is 24.0. The van der Waals surface area contributed by atoms with Crippen molar-refractivity contribution in [3.63, 3.8) is 0 Å². The minimum absolute atomic E-state index is 0.0917. The number of rotatable bonds is 9. The van der Waals surface area contributed by atoms with E-state index in [4.69, 9.17) is 14.2 Å². The lowest BCUT2D eigenvalue weighted by Gasteiger charge is -2.46. The molecule has 3 rings (SSSR count). The Hall–Kier alpha value is -3.44. The lowest BCUT2D eigenvalue weighted by Crippen LogP contribution is -2.48. The Labute approximate surface area is 240 Å². The van der Waals surface area contributed by atoms with Crippen LogP contribution in [0.1, 0.15) is 65.0 Å². The van der Waals surface area contributed by atoms with E-state index in [-0.39, 0.29) is 23.5 Å². The lowest BCUT2D eigenvalue weighted by molar-refractivity contribution is -0.163. The first-order valence-corrected chi connectivity index (χ1v) is 13.4. The van der Waals surface area contributed by atoms with Crippen molar-refractivity contribution in [2.75, 3.05) is 6.54 Å². The number of alkyl halides is 6. The highest BCUT2D eigenvalue weighted by molar-refractivity contribution is 5.80. The standard InChI is InChI=1S/C30H35F6NO5/c1-18(40-22-10-6-8-20(12-22)29(31,32)33)25(38)37-17-28(5)15-24(14-27(3,4)16-28)42-26(39)19(2)41-23-11-7-9-21(13-23)30(34,35)36/h6-13,18-19,24H,14-17H2,1-5H3,(H,37,38). The molecule has 232 valence electrons. The smallest absolute Gasteiger partial charge is 0.416 e. The second-order valence-corrected chi connectivity index (χ2v) is 11.9. The van der Waals surface area contributed by atoms with Crippen LogP contribution < -0.4 is 14.8 Å². The Balaban J connectivity index is 1.58. The number of nitrogens with one attached hydrogen (secondary N) is 1. The largest absolute Gasteiger partial charge is 0.481 e.